The Kier molecular flexibility index (Phi) is 6.19. The third-order valence-corrected chi connectivity index (χ3v) is 5.12. The number of rotatable bonds is 5. The van der Waals surface area contributed by atoms with E-state index >= 15 is 0 Å². The van der Waals surface area contributed by atoms with Crippen LogP contribution in [0.1, 0.15) is 19.4 Å². The maximum Gasteiger partial charge on any atom is 0.276 e. The Morgan fingerprint density at radius 2 is 2.08 bits per heavy atom. The van der Waals surface area contributed by atoms with Gasteiger partial charge in [0, 0.05) is 31.0 Å². The summed E-state index contributed by atoms with van der Waals surface area (Å²) in [6.45, 7) is 3.83. The minimum absolute atomic E-state index is 0.0533. The smallest absolute Gasteiger partial charge is 0.276 e. The van der Waals surface area contributed by atoms with Gasteiger partial charge >= 0.3 is 0 Å². The number of carbonyl (C=O) groups is 2. The first-order chi connectivity index (χ1) is 11.8. The molecule has 0 N–H and O–H groups in total. The summed E-state index contributed by atoms with van der Waals surface area (Å²) in [5, 5.41) is 11.0. The van der Waals surface area contributed by atoms with Gasteiger partial charge in [0.05, 0.1) is 16.4 Å². The lowest BCUT2D eigenvalue weighted by Gasteiger charge is -2.29. The molecule has 2 amide bonds. The first-order valence-electron chi connectivity index (χ1n) is 7.89. The van der Waals surface area contributed by atoms with E-state index in [4.69, 9.17) is 0 Å². The van der Waals surface area contributed by atoms with E-state index in [0.717, 1.165) is 0 Å². The third kappa shape index (κ3) is 4.39. The predicted molar refractivity (Wildman–Crippen MR) is 98.0 cm³/mol. The van der Waals surface area contributed by atoms with Crippen LogP contribution in [0.5, 0.6) is 0 Å². The molecule has 0 aliphatic carbocycles. The van der Waals surface area contributed by atoms with Crippen LogP contribution in [-0.4, -0.2) is 57.3 Å². The van der Waals surface area contributed by atoms with Crippen LogP contribution in [0, 0.1) is 10.1 Å². The fourth-order valence-electron chi connectivity index (χ4n) is 2.41. The van der Waals surface area contributed by atoms with Crippen LogP contribution >= 0.6 is 11.8 Å². The number of nitro groups is 1. The molecular weight excluding hydrogens is 342 g/mol. The molecule has 8 heteroatoms. The monoisotopic (exact) mass is 363 g/mol. The van der Waals surface area contributed by atoms with Gasteiger partial charge in [-0.3, -0.25) is 19.7 Å². The maximum absolute atomic E-state index is 12.5. The zero-order valence-corrected chi connectivity index (χ0v) is 15.2. The fraction of sp³-hybridized carbons (Fsp3) is 0.412. The molecule has 1 unspecified atom stereocenters. The van der Waals surface area contributed by atoms with Gasteiger partial charge in [0.2, 0.25) is 11.8 Å². The number of benzene rings is 1. The van der Waals surface area contributed by atoms with Crippen molar-refractivity contribution in [2.45, 2.75) is 25.9 Å². The van der Waals surface area contributed by atoms with Crippen molar-refractivity contribution in [3.63, 3.8) is 0 Å². The van der Waals surface area contributed by atoms with E-state index in [-0.39, 0.29) is 23.5 Å². The molecule has 2 rings (SSSR count). The van der Waals surface area contributed by atoms with E-state index in [2.05, 4.69) is 0 Å². The lowest BCUT2D eigenvalue weighted by atomic mass is 10.1. The third-order valence-electron chi connectivity index (χ3n) is 4.11. The Balaban J connectivity index is 2.15. The van der Waals surface area contributed by atoms with E-state index in [9.17, 15) is 19.7 Å². The standard InChI is InChI=1S/C17H21N3O4S/c1-12(2)18(3)17(22)15-10-25-11-19(15)16(21)9-8-13-6-4-5-7-14(13)20(23)24/h4-9,12,15H,10-11H2,1-3H3/b9-8+. The van der Waals surface area contributed by atoms with E-state index in [1.54, 1.807) is 30.1 Å². The van der Waals surface area contributed by atoms with Crippen LogP contribution in [-0.2, 0) is 9.59 Å². The SMILES string of the molecule is CC(C)N(C)C(=O)C1CSCN1C(=O)/C=C/c1ccccc1[N+](=O)[O-]. The molecule has 1 aromatic rings. The number of nitro benzene ring substituents is 1. The van der Waals surface area contributed by atoms with Crippen molar-refractivity contribution < 1.29 is 14.5 Å². The Bertz CT molecular complexity index is 705. The van der Waals surface area contributed by atoms with Gasteiger partial charge in [0.25, 0.3) is 5.69 Å². The van der Waals surface area contributed by atoms with Crippen LogP contribution < -0.4 is 0 Å². The number of thioether (sulfide) groups is 1. The molecule has 1 saturated heterocycles. The Hall–Kier alpha value is -2.35. The molecule has 1 atom stereocenters. The van der Waals surface area contributed by atoms with Gasteiger partial charge in [-0.05, 0) is 26.0 Å². The van der Waals surface area contributed by atoms with Crippen LogP contribution in [0.3, 0.4) is 0 Å². The zero-order chi connectivity index (χ0) is 18.6. The van der Waals surface area contributed by atoms with Crippen molar-refractivity contribution in [2.75, 3.05) is 18.7 Å². The predicted octanol–water partition coefficient (Wildman–Crippen LogP) is 2.38. The van der Waals surface area contributed by atoms with Gasteiger partial charge in [0.1, 0.15) is 6.04 Å². The number of amides is 2. The lowest BCUT2D eigenvalue weighted by Crippen LogP contribution is -2.49. The molecule has 1 heterocycles. The molecule has 0 spiro atoms. The summed E-state index contributed by atoms with van der Waals surface area (Å²) in [6.07, 6.45) is 2.72. The molecule has 134 valence electrons. The van der Waals surface area contributed by atoms with E-state index < -0.39 is 11.0 Å². The molecule has 7 nitrogen and oxygen atoms in total. The molecule has 0 aromatic heterocycles. The van der Waals surface area contributed by atoms with Crippen molar-refractivity contribution in [3.05, 3.63) is 46.0 Å². The summed E-state index contributed by atoms with van der Waals surface area (Å²) in [5.74, 6) is 0.578. The summed E-state index contributed by atoms with van der Waals surface area (Å²) < 4.78 is 0. The largest absolute Gasteiger partial charge is 0.342 e. The average molecular weight is 363 g/mol. The van der Waals surface area contributed by atoms with Crippen molar-refractivity contribution in [2.24, 2.45) is 0 Å². The molecule has 1 fully saturated rings. The minimum Gasteiger partial charge on any atom is -0.342 e. The van der Waals surface area contributed by atoms with Crippen molar-refractivity contribution in [3.8, 4) is 0 Å². The number of likely N-dealkylation sites (N-methyl/N-ethyl adjacent to an activating group) is 1. The van der Waals surface area contributed by atoms with Gasteiger partial charge in [-0.1, -0.05) is 12.1 Å². The second-order valence-electron chi connectivity index (χ2n) is 6.02. The Morgan fingerprint density at radius 3 is 2.72 bits per heavy atom. The summed E-state index contributed by atoms with van der Waals surface area (Å²) >= 11 is 1.52. The first kappa shape index (κ1) is 19.0. The summed E-state index contributed by atoms with van der Waals surface area (Å²) in [6, 6.07) is 5.77. The first-order valence-corrected chi connectivity index (χ1v) is 9.05. The van der Waals surface area contributed by atoms with Crippen molar-refractivity contribution >= 4 is 35.3 Å². The van der Waals surface area contributed by atoms with Crippen LogP contribution in [0.4, 0.5) is 5.69 Å². The highest BCUT2D eigenvalue weighted by atomic mass is 32.2. The molecule has 0 saturated carbocycles. The molecule has 0 bridgehead atoms. The second-order valence-corrected chi connectivity index (χ2v) is 7.02. The van der Waals surface area contributed by atoms with Gasteiger partial charge in [-0.2, -0.15) is 0 Å². The van der Waals surface area contributed by atoms with Crippen molar-refractivity contribution in [1.29, 1.82) is 0 Å². The molecule has 25 heavy (non-hydrogen) atoms. The van der Waals surface area contributed by atoms with Gasteiger partial charge in [0.15, 0.2) is 0 Å². The number of carbonyl (C=O) groups excluding carboxylic acids is 2. The van der Waals surface area contributed by atoms with Crippen LogP contribution in [0.2, 0.25) is 0 Å². The number of hydrogen-bond donors (Lipinski definition) is 0. The quantitative estimate of drug-likeness (QED) is 0.456. The lowest BCUT2D eigenvalue weighted by molar-refractivity contribution is -0.385. The molecule has 0 radical (unpaired) electrons. The molecular formula is C17H21N3O4S. The molecule has 1 aromatic carbocycles. The molecule has 1 aliphatic heterocycles. The molecule has 1 aliphatic rings. The Labute approximate surface area is 150 Å². The van der Waals surface area contributed by atoms with Crippen molar-refractivity contribution in [1.82, 2.24) is 9.80 Å². The average Bonchev–Trinajstić information content (AvgIpc) is 3.08. The van der Waals surface area contributed by atoms with E-state index in [0.29, 0.717) is 17.2 Å². The van der Waals surface area contributed by atoms with Crippen LogP contribution in [0.25, 0.3) is 6.08 Å². The van der Waals surface area contributed by atoms with E-state index in [1.165, 1.54) is 34.9 Å². The number of para-hydroxylation sites is 1. The van der Waals surface area contributed by atoms with Gasteiger partial charge in [-0.15, -0.1) is 11.8 Å². The van der Waals surface area contributed by atoms with Gasteiger partial charge in [-0.25, -0.2) is 0 Å². The Morgan fingerprint density at radius 1 is 1.40 bits per heavy atom. The second kappa shape index (κ2) is 8.15. The highest BCUT2D eigenvalue weighted by Crippen LogP contribution is 2.24. The highest BCUT2D eigenvalue weighted by Gasteiger charge is 2.35. The normalized spacial score (nSPS) is 17.3. The van der Waals surface area contributed by atoms with Gasteiger partial charge < -0.3 is 9.80 Å². The van der Waals surface area contributed by atoms with Crippen LogP contribution in [0.15, 0.2) is 30.3 Å². The number of nitrogens with zero attached hydrogens (tertiary/aromatic N) is 3. The zero-order valence-electron chi connectivity index (χ0n) is 14.4. The highest BCUT2D eigenvalue weighted by molar-refractivity contribution is 7.99. The maximum atomic E-state index is 12.5. The fourth-order valence-corrected chi connectivity index (χ4v) is 3.56. The summed E-state index contributed by atoms with van der Waals surface area (Å²) in [4.78, 5) is 38.7. The van der Waals surface area contributed by atoms with E-state index in [1.807, 2.05) is 13.8 Å². The number of hydrogen-bond acceptors (Lipinski definition) is 5. The summed E-state index contributed by atoms with van der Waals surface area (Å²) in [5.41, 5.74) is 0.296. The minimum atomic E-state index is -0.500. The topological polar surface area (TPSA) is 83.8 Å². The summed E-state index contributed by atoms with van der Waals surface area (Å²) in [7, 11) is 1.72.